The second-order valence-corrected chi connectivity index (χ2v) is 24.2. The molecule has 3 aliphatic rings. The average Bonchev–Trinajstić information content (AvgIpc) is 3.27. The Balaban J connectivity index is 1.38. The number of rotatable bonds is 4. The molecule has 0 fully saturated rings. The van der Waals surface area contributed by atoms with E-state index in [2.05, 4.69) is 246 Å². The largest absolute Gasteiger partial charge is 0.311 e. The number of nitrogens with zero attached hydrogens (tertiary/aromatic N) is 2. The Morgan fingerprint density at radius 2 is 0.909 bits per heavy atom. The van der Waals surface area contributed by atoms with E-state index in [0.717, 1.165) is 6.42 Å². The molecule has 7 aromatic carbocycles. The van der Waals surface area contributed by atoms with E-state index in [4.69, 9.17) is 0 Å². The molecule has 2 nitrogen and oxygen atoms in total. The normalized spacial score (nSPS) is 16.1. The van der Waals surface area contributed by atoms with Crippen molar-refractivity contribution in [2.45, 2.75) is 137 Å². The summed E-state index contributed by atoms with van der Waals surface area (Å²) in [7, 11) is 0. The van der Waals surface area contributed by atoms with Gasteiger partial charge in [0.15, 0.2) is 0 Å². The zero-order valence-electron chi connectivity index (χ0n) is 42.2. The maximum Gasteiger partial charge on any atom is 0.252 e. The van der Waals surface area contributed by atoms with Crippen molar-refractivity contribution in [2.24, 2.45) is 0 Å². The Morgan fingerprint density at radius 3 is 1.50 bits per heavy atom. The van der Waals surface area contributed by atoms with Crippen molar-refractivity contribution in [1.82, 2.24) is 0 Å². The van der Waals surface area contributed by atoms with Crippen LogP contribution >= 0.6 is 0 Å². The SMILES string of the molecule is Cc1ccc(-c2ccccc2)cc1N1c2cc(C(C)(C)C)ccc2B2c3cc4c(cc3N(c3ccc(C(C)(C)C)cc3-c3ccccc3)c3cc(C(C)(C)C)cc1c32)C(C)(C)CCC4(C)C. The van der Waals surface area contributed by atoms with Crippen LogP contribution in [-0.2, 0) is 27.1 Å². The van der Waals surface area contributed by atoms with Gasteiger partial charge in [-0.15, -0.1) is 0 Å². The minimum atomic E-state index is -0.132. The first-order valence-corrected chi connectivity index (χ1v) is 24.5. The van der Waals surface area contributed by atoms with Crippen LogP contribution in [0.3, 0.4) is 0 Å². The summed E-state index contributed by atoms with van der Waals surface area (Å²) in [5.41, 5.74) is 24.8. The lowest BCUT2D eigenvalue weighted by Gasteiger charge is -2.48. The van der Waals surface area contributed by atoms with Crippen LogP contribution in [0.4, 0.5) is 34.1 Å². The summed E-state index contributed by atoms with van der Waals surface area (Å²) in [6.07, 6.45) is 2.33. The van der Waals surface area contributed by atoms with Gasteiger partial charge in [-0.3, -0.25) is 0 Å². The number of anilines is 6. The van der Waals surface area contributed by atoms with Gasteiger partial charge < -0.3 is 9.80 Å². The second-order valence-electron chi connectivity index (χ2n) is 24.2. The summed E-state index contributed by atoms with van der Waals surface area (Å²) >= 11 is 0. The predicted molar refractivity (Wildman–Crippen MR) is 287 cm³/mol. The van der Waals surface area contributed by atoms with Gasteiger partial charge in [0.05, 0.1) is 5.69 Å². The molecule has 0 saturated carbocycles. The molecule has 3 heteroatoms. The van der Waals surface area contributed by atoms with Crippen molar-refractivity contribution in [1.29, 1.82) is 0 Å². The van der Waals surface area contributed by atoms with Gasteiger partial charge in [-0.1, -0.05) is 187 Å². The van der Waals surface area contributed by atoms with Gasteiger partial charge in [-0.2, -0.15) is 0 Å². The molecule has 0 bridgehead atoms. The summed E-state index contributed by atoms with van der Waals surface area (Å²) in [5.74, 6) is 0. The molecule has 2 heterocycles. The fourth-order valence-corrected chi connectivity index (χ4v) is 11.2. The molecule has 10 rings (SSSR count). The Morgan fingerprint density at radius 1 is 0.409 bits per heavy atom. The molecule has 7 aromatic rings. The summed E-state index contributed by atoms with van der Waals surface area (Å²) < 4.78 is 0. The van der Waals surface area contributed by atoms with Crippen molar-refractivity contribution in [3.05, 3.63) is 173 Å². The predicted octanol–water partition coefficient (Wildman–Crippen LogP) is 15.7. The van der Waals surface area contributed by atoms with Crippen molar-refractivity contribution in [3.8, 4) is 22.3 Å². The molecule has 0 amide bonds. The maximum atomic E-state index is 2.70. The Hall–Kier alpha value is -5.80. The van der Waals surface area contributed by atoms with Gasteiger partial charge >= 0.3 is 0 Å². The van der Waals surface area contributed by atoms with E-state index >= 15 is 0 Å². The van der Waals surface area contributed by atoms with Gasteiger partial charge in [0, 0.05) is 34.0 Å². The minimum Gasteiger partial charge on any atom is -0.311 e. The minimum absolute atomic E-state index is 0.0186. The average molecular weight is 865 g/mol. The van der Waals surface area contributed by atoms with Crippen LogP contribution in [0.25, 0.3) is 22.3 Å². The van der Waals surface area contributed by atoms with E-state index in [-0.39, 0.29) is 33.8 Å². The summed E-state index contributed by atoms with van der Waals surface area (Å²) in [4.78, 5) is 5.36. The topological polar surface area (TPSA) is 6.48 Å². The third-order valence-electron chi connectivity index (χ3n) is 15.5. The van der Waals surface area contributed by atoms with E-state index in [1.807, 2.05) is 0 Å². The smallest absolute Gasteiger partial charge is 0.252 e. The van der Waals surface area contributed by atoms with Gasteiger partial charge in [0.25, 0.3) is 6.71 Å². The number of aryl methyl sites for hydroxylation is 1. The van der Waals surface area contributed by atoms with Crippen molar-refractivity contribution < 1.29 is 0 Å². The molecule has 0 aromatic heterocycles. The van der Waals surface area contributed by atoms with Crippen molar-refractivity contribution in [3.63, 3.8) is 0 Å². The molecule has 0 atom stereocenters. The lowest BCUT2D eigenvalue weighted by atomic mass is 9.33. The van der Waals surface area contributed by atoms with Gasteiger partial charge in [-0.05, 0) is 156 Å². The molecule has 334 valence electrons. The van der Waals surface area contributed by atoms with Crippen LogP contribution < -0.4 is 26.2 Å². The van der Waals surface area contributed by atoms with Crippen LogP contribution in [0.5, 0.6) is 0 Å². The number of benzene rings is 7. The van der Waals surface area contributed by atoms with Crippen molar-refractivity contribution >= 4 is 57.2 Å². The molecule has 2 aliphatic heterocycles. The summed E-state index contributed by atoms with van der Waals surface area (Å²) in [6, 6.07) is 54.3. The van der Waals surface area contributed by atoms with E-state index in [1.165, 1.54) is 113 Å². The fourth-order valence-electron chi connectivity index (χ4n) is 11.2. The third-order valence-corrected chi connectivity index (χ3v) is 15.5. The first-order chi connectivity index (χ1) is 31.0. The molecule has 0 spiro atoms. The first-order valence-electron chi connectivity index (χ1n) is 24.5. The molecule has 0 N–H and O–H groups in total. The highest BCUT2D eigenvalue weighted by Gasteiger charge is 2.47. The summed E-state index contributed by atoms with van der Waals surface area (Å²) in [6.45, 7) is 33.5. The number of hydrogen-bond acceptors (Lipinski definition) is 2. The molecular weight excluding hydrogens is 796 g/mol. The van der Waals surface area contributed by atoms with Gasteiger partial charge in [0.2, 0.25) is 0 Å². The molecule has 0 unspecified atom stereocenters. The highest BCUT2D eigenvalue weighted by atomic mass is 15.2. The third kappa shape index (κ3) is 7.24. The number of hydrogen-bond donors (Lipinski definition) is 0. The van der Waals surface area contributed by atoms with Gasteiger partial charge in [-0.25, -0.2) is 0 Å². The fraction of sp³-hybridized carbons (Fsp3) is 0.333. The quantitative estimate of drug-likeness (QED) is 0.163. The Kier molecular flexibility index (Phi) is 10.1. The zero-order chi connectivity index (χ0) is 46.9. The van der Waals surface area contributed by atoms with E-state index in [9.17, 15) is 0 Å². The van der Waals surface area contributed by atoms with E-state index in [1.54, 1.807) is 0 Å². The van der Waals surface area contributed by atoms with Crippen LogP contribution in [0.2, 0.25) is 0 Å². The molecule has 66 heavy (non-hydrogen) atoms. The molecular formula is C63H69BN2. The van der Waals surface area contributed by atoms with Crippen molar-refractivity contribution in [2.75, 3.05) is 9.80 Å². The highest BCUT2D eigenvalue weighted by molar-refractivity contribution is 7.00. The van der Waals surface area contributed by atoms with E-state index < -0.39 is 0 Å². The molecule has 1 aliphatic carbocycles. The monoisotopic (exact) mass is 865 g/mol. The van der Waals surface area contributed by atoms with Crippen LogP contribution in [0, 0.1) is 6.92 Å². The summed E-state index contributed by atoms with van der Waals surface area (Å²) in [5, 5.41) is 0. The maximum absolute atomic E-state index is 2.70. The van der Waals surface area contributed by atoms with Crippen LogP contribution in [0.15, 0.2) is 140 Å². The highest BCUT2D eigenvalue weighted by Crippen LogP contribution is 2.53. The van der Waals surface area contributed by atoms with Crippen LogP contribution in [-0.4, -0.2) is 6.71 Å². The Bertz CT molecular complexity index is 3040. The standard InChI is InChI=1S/C63H69BN2/c1-40-25-26-43(41-21-17-15-18-22-41)33-53(40)66-54-35-45(60(5,6)7)27-29-50(54)64-51-38-48-49(63(13,14)32-31-62(48,11)12)39-55(51)65(56-36-46(61(8,9)10)37-57(66)58(56)64)52-30-28-44(59(2,3)4)34-47(52)42-23-19-16-20-24-42/h15-30,33-39H,31-32H2,1-14H3. The zero-order valence-corrected chi connectivity index (χ0v) is 42.2. The lowest BCUT2D eigenvalue weighted by Crippen LogP contribution is -2.62. The number of fused-ring (bicyclic) bond motifs is 5. The molecule has 0 radical (unpaired) electrons. The van der Waals surface area contributed by atoms with Gasteiger partial charge in [0.1, 0.15) is 0 Å². The Labute approximate surface area is 397 Å². The lowest BCUT2D eigenvalue weighted by molar-refractivity contribution is 0.332. The molecule has 0 saturated heterocycles. The second kappa shape index (κ2) is 15.1. The first kappa shape index (κ1) is 44.1. The van der Waals surface area contributed by atoms with E-state index in [0.29, 0.717) is 0 Å². The van der Waals surface area contributed by atoms with Crippen LogP contribution in [0.1, 0.15) is 136 Å².